The summed E-state index contributed by atoms with van der Waals surface area (Å²) in [6.45, 7) is 9.20. The Labute approximate surface area is 176 Å². The van der Waals surface area contributed by atoms with E-state index in [2.05, 4.69) is 29.4 Å². The topological polar surface area (TPSA) is 64.7 Å². The Balaban J connectivity index is 1.73. The van der Waals surface area contributed by atoms with Gasteiger partial charge in [-0.05, 0) is 76.0 Å². The third-order valence-corrected chi connectivity index (χ3v) is 5.27. The normalized spacial score (nSPS) is 14.5. The lowest BCUT2D eigenvalue weighted by Gasteiger charge is -2.21. The van der Waals surface area contributed by atoms with Gasteiger partial charge in [-0.15, -0.1) is 0 Å². The van der Waals surface area contributed by atoms with Crippen molar-refractivity contribution in [1.29, 1.82) is 0 Å². The predicted octanol–water partition coefficient (Wildman–Crippen LogP) is 4.94. The number of nitrogens with zero attached hydrogens (tertiary/aromatic N) is 2. The number of amides is 3. The Bertz CT molecular complexity index is 604. The molecule has 0 spiro atoms. The lowest BCUT2D eigenvalue weighted by molar-refractivity contribution is -0.116. The summed E-state index contributed by atoms with van der Waals surface area (Å²) in [7, 11) is 0. The molecule has 3 amide bonds. The smallest absolute Gasteiger partial charge is 0.321 e. The molecule has 1 aromatic carbocycles. The van der Waals surface area contributed by atoms with Gasteiger partial charge in [0.05, 0.1) is 0 Å². The molecule has 1 aliphatic rings. The molecule has 0 atom stereocenters. The number of anilines is 2. The van der Waals surface area contributed by atoms with Crippen LogP contribution in [0.25, 0.3) is 0 Å². The number of likely N-dealkylation sites (tertiary alicyclic amines) is 1. The monoisotopic (exact) mass is 402 g/mol. The minimum absolute atomic E-state index is 0.0348. The molecule has 6 nitrogen and oxygen atoms in total. The van der Waals surface area contributed by atoms with Gasteiger partial charge < -0.3 is 20.4 Å². The van der Waals surface area contributed by atoms with E-state index in [0.29, 0.717) is 6.42 Å². The van der Waals surface area contributed by atoms with Gasteiger partial charge in [0.25, 0.3) is 0 Å². The van der Waals surface area contributed by atoms with E-state index >= 15 is 0 Å². The van der Waals surface area contributed by atoms with Crippen molar-refractivity contribution in [2.45, 2.75) is 65.2 Å². The lowest BCUT2D eigenvalue weighted by atomic mass is 10.2. The van der Waals surface area contributed by atoms with Gasteiger partial charge in [0.2, 0.25) is 5.91 Å². The van der Waals surface area contributed by atoms with E-state index < -0.39 is 0 Å². The molecule has 0 unspecified atom stereocenters. The lowest BCUT2D eigenvalue weighted by Crippen LogP contribution is -2.35. The molecule has 0 aliphatic carbocycles. The van der Waals surface area contributed by atoms with Crippen LogP contribution in [0.3, 0.4) is 0 Å². The van der Waals surface area contributed by atoms with Crippen LogP contribution in [0.2, 0.25) is 0 Å². The van der Waals surface area contributed by atoms with E-state index in [1.54, 1.807) is 0 Å². The van der Waals surface area contributed by atoms with Gasteiger partial charge in [0.15, 0.2) is 0 Å². The van der Waals surface area contributed by atoms with Crippen molar-refractivity contribution < 1.29 is 9.59 Å². The van der Waals surface area contributed by atoms with Crippen molar-refractivity contribution in [1.82, 2.24) is 9.80 Å². The fourth-order valence-corrected chi connectivity index (χ4v) is 3.77. The van der Waals surface area contributed by atoms with Crippen molar-refractivity contribution in [2.24, 2.45) is 0 Å². The summed E-state index contributed by atoms with van der Waals surface area (Å²) < 4.78 is 0. The molecule has 1 aliphatic heterocycles. The van der Waals surface area contributed by atoms with Crippen LogP contribution < -0.4 is 10.6 Å². The summed E-state index contributed by atoms with van der Waals surface area (Å²) >= 11 is 0. The number of rotatable bonds is 10. The zero-order chi connectivity index (χ0) is 20.9. The molecule has 6 heteroatoms. The summed E-state index contributed by atoms with van der Waals surface area (Å²) in [5, 5.41) is 5.91. The standard InChI is InChI=1S/C23H38N4O2/c1-3-15-26(16-4-2)17-9-10-22(28)24-20-11-13-21(14-12-20)25-23(29)27-18-7-5-6-8-19-27/h11-14H,3-10,15-19H2,1-2H3,(H,24,28)(H,25,29). The first-order valence-electron chi connectivity index (χ1n) is 11.3. The number of urea groups is 1. The highest BCUT2D eigenvalue weighted by Gasteiger charge is 2.15. The van der Waals surface area contributed by atoms with E-state index in [0.717, 1.165) is 76.2 Å². The fraction of sp³-hybridized carbons (Fsp3) is 0.652. The van der Waals surface area contributed by atoms with Crippen LogP contribution >= 0.6 is 0 Å². The molecule has 0 bridgehead atoms. The quantitative estimate of drug-likeness (QED) is 0.583. The van der Waals surface area contributed by atoms with Crippen molar-refractivity contribution in [3.05, 3.63) is 24.3 Å². The van der Waals surface area contributed by atoms with E-state index in [1.165, 1.54) is 12.8 Å². The number of carbonyl (C=O) groups excluding carboxylic acids is 2. The maximum atomic E-state index is 12.4. The minimum Gasteiger partial charge on any atom is -0.326 e. The van der Waals surface area contributed by atoms with Crippen molar-refractivity contribution >= 4 is 23.3 Å². The van der Waals surface area contributed by atoms with E-state index in [4.69, 9.17) is 0 Å². The van der Waals surface area contributed by atoms with E-state index in [-0.39, 0.29) is 11.9 Å². The molecular formula is C23H38N4O2. The maximum Gasteiger partial charge on any atom is 0.321 e. The van der Waals surface area contributed by atoms with Gasteiger partial charge in [-0.3, -0.25) is 4.79 Å². The molecule has 1 heterocycles. The van der Waals surface area contributed by atoms with Crippen LogP contribution in [-0.2, 0) is 4.79 Å². The van der Waals surface area contributed by atoms with Gasteiger partial charge in [-0.2, -0.15) is 0 Å². The van der Waals surface area contributed by atoms with Crippen LogP contribution in [-0.4, -0.2) is 54.5 Å². The Morgan fingerprint density at radius 2 is 1.41 bits per heavy atom. The summed E-state index contributed by atoms with van der Waals surface area (Å²) in [6, 6.07) is 7.34. The van der Waals surface area contributed by atoms with Crippen molar-refractivity contribution in [2.75, 3.05) is 43.4 Å². The van der Waals surface area contributed by atoms with Crippen LogP contribution in [0.1, 0.15) is 65.2 Å². The van der Waals surface area contributed by atoms with Gasteiger partial charge in [-0.25, -0.2) is 4.79 Å². The third-order valence-electron chi connectivity index (χ3n) is 5.27. The second kappa shape index (κ2) is 13.2. The molecule has 2 N–H and O–H groups in total. The van der Waals surface area contributed by atoms with Crippen molar-refractivity contribution in [3.63, 3.8) is 0 Å². The van der Waals surface area contributed by atoms with Gasteiger partial charge in [-0.1, -0.05) is 26.7 Å². The first-order chi connectivity index (χ1) is 14.1. The molecule has 2 rings (SSSR count). The molecular weight excluding hydrogens is 364 g/mol. The highest BCUT2D eigenvalue weighted by molar-refractivity contribution is 5.92. The van der Waals surface area contributed by atoms with Crippen LogP contribution in [0.15, 0.2) is 24.3 Å². The van der Waals surface area contributed by atoms with Crippen LogP contribution in [0.4, 0.5) is 16.2 Å². The van der Waals surface area contributed by atoms with Crippen molar-refractivity contribution in [3.8, 4) is 0 Å². The molecule has 162 valence electrons. The van der Waals surface area contributed by atoms with Crippen LogP contribution in [0.5, 0.6) is 0 Å². The number of carbonyl (C=O) groups is 2. The summed E-state index contributed by atoms with van der Waals surface area (Å²) in [5.74, 6) is 0.0410. The SMILES string of the molecule is CCCN(CCC)CCCC(=O)Nc1ccc(NC(=O)N2CCCCCC2)cc1. The number of nitrogens with one attached hydrogen (secondary N) is 2. The Morgan fingerprint density at radius 3 is 1.97 bits per heavy atom. The summed E-state index contributed by atoms with van der Waals surface area (Å²) in [4.78, 5) is 28.9. The summed E-state index contributed by atoms with van der Waals surface area (Å²) in [5.41, 5.74) is 1.52. The predicted molar refractivity (Wildman–Crippen MR) is 120 cm³/mol. The van der Waals surface area contributed by atoms with Crippen LogP contribution in [0, 0.1) is 0 Å². The number of benzene rings is 1. The highest BCUT2D eigenvalue weighted by Crippen LogP contribution is 2.16. The molecule has 1 fully saturated rings. The average molecular weight is 403 g/mol. The summed E-state index contributed by atoms with van der Waals surface area (Å²) in [6.07, 6.45) is 8.24. The zero-order valence-corrected chi connectivity index (χ0v) is 18.2. The molecule has 1 aromatic rings. The minimum atomic E-state index is -0.0348. The third kappa shape index (κ3) is 8.86. The van der Waals surface area contributed by atoms with Gasteiger partial charge in [0.1, 0.15) is 0 Å². The molecule has 1 saturated heterocycles. The van der Waals surface area contributed by atoms with Gasteiger partial charge >= 0.3 is 6.03 Å². The fourth-order valence-electron chi connectivity index (χ4n) is 3.77. The maximum absolute atomic E-state index is 12.4. The molecule has 0 radical (unpaired) electrons. The molecule has 29 heavy (non-hydrogen) atoms. The number of hydrogen-bond acceptors (Lipinski definition) is 3. The average Bonchev–Trinajstić information content (AvgIpc) is 2.99. The van der Waals surface area contributed by atoms with Gasteiger partial charge in [0, 0.05) is 30.9 Å². The first-order valence-corrected chi connectivity index (χ1v) is 11.3. The number of hydrogen-bond donors (Lipinski definition) is 2. The first kappa shape index (κ1) is 23.2. The Kier molecular flexibility index (Phi) is 10.6. The zero-order valence-electron chi connectivity index (χ0n) is 18.2. The van der Waals surface area contributed by atoms with E-state index in [1.807, 2.05) is 29.2 Å². The second-order valence-corrected chi connectivity index (χ2v) is 7.90. The molecule has 0 saturated carbocycles. The second-order valence-electron chi connectivity index (χ2n) is 7.90. The Hall–Kier alpha value is -2.08. The largest absolute Gasteiger partial charge is 0.326 e. The Morgan fingerprint density at radius 1 is 0.862 bits per heavy atom. The highest BCUT2D eigenvalue weighted by atomic mass is 16.2. The molecule has 0 aromatic heterocycles. The van der Waals surface area contributed by atoms with E-state index in [9.17, 15) is 9.59 Å².